The van der Waals surface area contributed by atoms with E-state index in [-0.39, 0.29) is 11.4 Å². The van der Waals surface area contributed by atoms with Crippen LogP contribution in [-0.4, -0.2) is 37.5 Å². The number of anilines is 1. The number of nitrogens with one attached hydrogen (secondary N) is 1. The largest absolute Gasteiger partial charge is 0.372 e. The summed E-state index contributed by atoms with van der Waals surface area (Å²) in [6, 6.07) is 13.4. The van der Waals surface area contributed by atoms with Gasteiger partial charge in [0.25, 0.3) is 5.91 Å². The molecule has 5 heteroatoms. The zero-order valence-electron chi connectivity index (χ0n) is 16.7. The number of allylic oxidation sites excluding steroid dienone is 1. The molecule has 0 heterocycles. The van der Waals surface area contributed by atoms with Crippen LogP contribution in [0, 0.1) is 6.92 Å². The fraction of sp³-hybridized carbons (Fsp3) is 0.261. The van der Waals surface area contributed by atoms with Crippen molar-refractivity contribution < 1.29 is 9.59 Å². The van der Waals surface area contributed by atoms with E-state index in [9.17, 15) is 9.59 Å². The van der Waals surface area contributed by atoms with Gasteiger partial charge >= 0.3 is 0 Å². The van der Waals surface area contributed by atoms with E-state index in [4.69, 9.17) is 4.99 Å². The summed E-state index contributed by atoms with van der Waals surface area (Å²) in [5, 5.41) is 2.54. The Morgan fingerprint density at radius 3 is 2.36 bits per heavy atom. The molecule has 0 atom stereocenters. The van der Waals surface area contributed by atoms with Crippen LogP contribution in [0.4, 0.5) is 11.4 Å². The standard InChI is InChI=1S/C23H25N3O2/c1-5-26(6-2)16-11-12-20(15(3)13-16)25-21-14-19(23(28)24-4)22(27)18-10-8-7-9-17(18)21/h7-14H,5-6H2,1-4H3,(H,24,28). The number of fused-ring (bicyclic) bond motifs is 1. The van der Waals surface area contributed by atoms with Gasteiger partial charge in [-0.1, -0.05) is 24.3 Å². The number of aliphatic imine (C=N–C) groups is 1. The van der Waals surface area contributed by atoms with Crippen LogP contribution >= 0.6 is 0 Å². The summed E-state index contributed by atoms with van der Waals surface area (Å²) >= 11 is 0. The number of carbonyl (C=O) groups is 2. The first-order valence-corrected chi connectivity index (χ1v) is 9.52. The molecule has 1 aliphatic carbocycles. The highest BCUT2D eigenvalue weighted by Crippen LogP contribution is 2.28. The molecule has 0 bridgehead atoms. The van der Waals surface area contributed by atoms with Gasteiger partial charge in [0.05, 0.1) is 17.0 Å². The van der Waals surface area contributed by atoms with E-state index in [0.717, 1.165) is 35.6 Å². The Bertz CT molecular complexity index is 985. The molecule has 0 radical (unpaired) electrons. The first-order chi connectivity index (χ1) is 13.5. The van der Waals surface area contributed by atoms with E-state index in [1.807, 2.05) is 25.1 Å². The predicted molar refractivity (Wildman–Crippen MR) is 114 cm³/mol. The Labute approximate surface area is 165 Å². The number of aryl methyl sites for hydroxylation is 1. The molecule has 1 amide bonds. The number of Topliss-reactive ketones (excluding diaryl/α,β-unsaturated/α-hetero) is 1. The lowest BCUT2D eigenvalue weighted by Gasteiger charge is -2.22. The Balaban J connectivity index is 2.10. The molecular formula is C23H25N3O2. The number of ketones is 1. The second kappa shape index (κ2) is 8.21. The Hall–Kier alpha value is -3.21. The Morgan fingerprint density at radius 1 is 1.07 bits per heavy atom. The maximum Gasteiger partial charge on any atom is 0.255 e. The van der Waals surface area contributed by atoms with Crippen LogP contribution in [0.25, 0.3) is 0 Å². The van der Waals surface area contributed by atoms with E-state index in [0.29, 0.717) is 11.3 Å². The first-order valence-electron chi connectivity index (χ1n) is 9.52. The summed E-state index contributed by atoms with van der Waals surface area (Å²) in [5.41, 5.74) is 4.99. The maximum atomic E-state index is 12.7. The molecule has 1 N–H and O–H groups in total. The molecule has 0 fully saturated rings. The van der Waals surface area contributed by atoms with Crippen molar-refractivity contribution >= 4 is 28.8 Å². The van der Waals surface area contributed by atoms with Gasteiger partial charge in [0.15, 0.2) is 5.78 Å². The third-order valence-corrected chi connectivity index (χ3v) is 4.99. The van der Waals surface area contributed by atoms with Crippen molar-refractivity contribution in [2.75, 3.05) is 25.0 Å². The minimum absolute atomic E-state index is 0.109. The third-order valence-electron chi connectivity index (χ3n) is 4.99. The highest BCUT2D eigenvalue weighted by atomic mass is 16.2. The lowest BCUT2D eigenvalue weighted by Crippen LogP contribution is -2.29. The molecule has 2 aromatic rings. The highest BCUT2D eigenvalue weighted by Gasteiger charge is 2.27. The molecule has 0 aromatic heterocycles. The van der Waals surface area contributed by atoms with Crippen LogP contribution in [0.3, 0.4) is 0 Å². The summed E-state index contributed by atoms with van der Waals surface area (Å²) in [6.45, 7) is 8.17. The fourth-order valence-electron chi connectivity index (χ4n) is 3.41. The number of amides is 1. The first kappa shape index (κ1) is 19.5. The van der Waals surface area contributed by atoms with Crippen molar-refractivity contribution in [2.24, 2.45) is 4.99 Å². The molecular weight excluding hydrogens is 350 g/mol. The van der Waals surface area contributed by atoms with E-state index < -0.39 is 5.91 Å². The molecule has 0 saturated heterocycles. The van der Waals surface area contributed by atoms with Gasteiger partial charge in [-0.25, -0.2) is 4.99 Å². The van der Waals surface area contributed by atoms with Gasteiger partial charge < -0.3 is 10.2 Å². The van der Waals surface area contributed by atoms with Crippen molar-refractivity contribution in [3.05, 3.63) is 70.8 Å². The van der Waals surface area contributed by atoms with Crippen LogP contribution in [0.2, 0.25) is 0 Å². The average molecular weight is 375 g/mol. The third kappa shape index (κ3) is 3.60. The van der Waals surface area contributed by atoms with Crippen molar-refractivity contribution in [3.8, 4) is 0 Å². The zero-order chi connectivity index (χ0) is 20.3. The van der Waals surface area contributed by atoms with Gasteiger partial charge in [-0.05, 0) is 50.6 Å². The molecule has 0 aliphatic heterocycles. The molecule has 2 aromatic carbocycles. The van der Waals surface area contributed by atoms with E-state index >= 15 is 0 Å². The Morgan fingerprint density at radius 2 is 1.75 bits per heavy atom. The van der Waals surface area contributed by atoms with Gasteiger partial charge in [-0.3, -0.25) is 9.59 Å². The topological polar surface area (TPSA) is 61.8 Å². The summed E-state index contributed by atoms with van der Waals surface area (Å²) in [7, 11) is 1.52. The van der Waals surface area contributed by atoms with E-state index in [2.05, 4.69) is 36.2 Å². The maximum absolute atomic E-state index is 12.7. The van der Waals surface area contributed by atoms with Crippen molar-refractivity contribution in [1.29, 1.82) is 0 Å². The molecule has 3 rings (SSSR count). The van der Waals surface area contributed by atoms with Gasteiger partial charge in [0.1, 0.15) is 0 Å². The normalized spacial score (nSPS) is 14.5. The van der Waals surface area contributed by atoms with Gasteiger partial charge in [0.2, 0.25) is 0 Å². The van der Waals surface area contributed by atoms with Crippen LogP contribution in [0.15, 0.2) is 59.1 Å². The number of carbonyl (C=O) groups excluding carboxylic acids is 2. The number of hydrogen-bond donors (Lipinski definition) is 1. The number of benzene rings is 2. The van der Waals surface area contributed by atoms with E-state index in [1.54, 1.807) is 18.2 Å². The average Bonchev–Trinajstić information content (AvgIpc) is 2.72. The fourth-order valence-corrected chi connectivity index (χ4v) is 3.41. The minimum Gasteiger partial charge on any atom is -0.372 e. The zero-order valence-corrected chi connectivity index (χ0v) is 16.7. The van der Waals surface area contributed by atoms with Crippen LogP contribution in [0.5, 0.6) is 0 Å². The molecule has 0 saturated carbocycles. The van der Waals surface area contributed by atoms with Gasteiger partial charge in [-0.2, -0.15) is 0 Å². The van der Waals surface area contributed by atoms with Gasteiger partial charge in [0, 0.05) is 37.0 Å². The van der Waals surface area contributed by atoms with Crippen molar-refractivity contribution in [2.45, 2.75) is 20.8 Å². The predicted octanol–water partition coefficient (Wildman–Crippen LogP) is 3.83. The SMILES string of the molecule is CCN(CC)c1ccc(N=C2C=C(C(=O)NC)C(=O)c3ccccc32)c(C)c1. The monoisotopic (exact) mass is 375 g/mol. The number of hydrogen-bond acceptors (Lipinski definition) is 4. The van der Waals surface area contributed by atoms with Crippen molar-refractivity contribution in [1.82, 2.24) is 5.32 Å². The minimum atomic E-state index is -0.402. The van der Waals surface area contributed by atoms with E-state index in [1.165, 1.54) is 7.05 Å². The van der Waals surface area contributed by atoms with Gasteiger partial charge in [-0.15, -0.1) is 0 Å². The summed E-state index contributed by atoms with van der Waals surface area (Å²) in [4.78, 5) is 31.9. The number of rotatable bonds is 5. The molecule has 144 valence electrons. The number of nitrogens with zero attached hydrogens (tertiary/aromatic N) is 2. The highest BCUT2D eigenvalue weighted by molar-refractivity contribution is 6.35. The summed E-state index contributed by atoms with van der Waals surface area (Å²) < 4.78 is 0. The van der Waals surface area contributed by atoms with Crippen LogP contribution < -0.4 is 10.2 Å². The molecule has 0 spiro atoms. The smallest absolute Gasteiger partial charge is 0.255 e. The lowest BCUT2D eigenvalue weighted by molar-refractivity contribution is -0.116. The molecule has 1 aliphatic rings. The second-order valence-electron chi connectivity index (χ2n) is 6.65. The van der Waals surface area contributed by atoms with Crippen molar-refractivity contribution in [3.63, 3.8) is 0 Å². The lowest BCUT2D eigenvalue weighted by atomic mass is 9.88. The quantitative estimate of drug-likeness (QED) is 0.808. The number of likely N-dealkylation sites (N-methyl/N-ethyl adjacent to an activating group) is 1. The molecule has 28 heavy (non-hydrogen) atoms. The molecule has 5 nitrogen and oxygen atoms in total. The summed E-state index contributed by atoms with van der Waals surface area (Å²) in [6.07, 6.45) is 1.58. The summed E-state index contributed by atoms with van der Waals surface area (Å²) in [5.74, 6) is -0.677. The molecule has 0 unspecified atom stereocenters. The second-order valence-corrected chi connectivity index (χ2v) is 6.65. The Kier molecular flexibility index (Phi) is 5.73. The van der Waals surface area contributed by atoms with Crippen LogP contribution in [-0.2, 0) is 4.79 Å². The van der Waals surface area contributed by atoms with Crippen LogP contribution in [0.1, 0.15) is 35.3 Å².